The van der Waals surface area contributed by atoms with Crippen LogP contribution in [0.1, 0.15) is 77.9 Å². The van der Waals surface area contributed by atoms with E-state index in [4.69, 9.17) is 14.3 Å². The van der Waals surface area contributed by atoms with Gasteiger partial charge in [-0.25, -0.2) is 9.18 Å². The first-order valence-corrected chi connectivity index (χ1v) is 15.5. The van der Waals surface area contributed by atoms with Crippen LogP contribution >= 0.6 is 0 Å². The standard InChI is InChI=1S/C36H41FN2O6/c1-5-39(6-2)35(42)45-38-32(24-37)34(41)27-15-17-31-29(23-27)28-22-26(33(40)25-12-10-9-11-13-25)14-16-30(28)36(31,18-20-43-7-3)19-21-44-8-4/h9-17,22-23H,5-8,18-21,24H2,1-4H3/b38-32+. The summed E-state index contributed by atoms with van der Waals surface area (Å²) in [5.41, 5.74) is 3.85. The molecule has 9 heteroatoms. The minimum atomic E-state index is -1.21. The zero-order chi connectivity index (χ0) is 32.4. The van der Waals surface area contributed by atoms with Crippen molar-refractivity contribution in [1.82, 2.24) is 4.90 Å². The molecule has 1 amide bonds. The van der Waals surface area contributed by atoms with Crippen LogP contribution < -0.4 is 0 Å². The van der Waals surface area contributed by atoms with Gasteiger partial charge in [0, 0.05) is 61.6 Å². The zero-order valence-electron chi connectivity index (χ0n) is 26.4. The molecular weight excluding hydrogens is 575 g/mol. The van der Waals surface area contributed by atoms with Crippen LogP contribution in [0.25, 0.3) is 11.1 Å². The van der Waals surface area contributed by atoms with Gasteiger partial charge in [0.25, 0.3) is 0 Å². The van der Waals surface area contributed by atoms with Crippen molar-refractivity contribution in [3.63, 3.8) is 0 Å². The molecule has 3 aromatic carbocycles. The van der Waals surface area contributed by atoms with Gasteiger partial charge in [0.1, 0.15) is 6.67 Å². The topological polar surface area (TPSA) is 94.5 Å². The van der Waals surface area contributed by atoms with Crippen molar-refractivity contribution in [1.29, 1.82) is 0 Å². The highest BCUT2D eigenvalue weighted by Gasteiger charge is 2.43. The van der Waals surface area contributed by atoms with E-state index in [1.54, 1.807) is 38.1 Å². The lowest BCUT2D eigenvalue weighted by Crippen LogP contribution is -2.30. The summed E-state index contributed by atoms with van der Waals surface area (Å²) >= 11 is 0. The Morgan fingerprint density at radius 2 is 1.31 bits per heavy atom. The Morgan fingerprint density at radius 3 is 1.84 bits per heavy atom. The summed E-state index contributed by atoms with van der Waals surface area (Å²) in [6.45, 7) is 9.17. The summed E-state index contributed by atoms with van der Waals surface area (Å²) in [5.74, 6) is -0.804. The number of benzene rings is 3. The number of ketones is 2. The Balaban J connectivity index is 1.81. The Kier molecular flexibility index (Phi) is 11.7. The lowest BCUT2D eigenvalue weighted by atomic mass is 9.73. The number of halogens is 1. The van der Waals surface area contributed by atoms with E-state index in [1.165, 1.54) is 4.90 Å². The van der Waals surface area contributed by atoms with E-state index >= 15 is 0 Å². The van der Waals surface area contributed by atoms with Crippen LogP contribution in [0.3, 0.4) is 0 Å². The molecule has 0 radical (unpaired) electrons. The molecule has 238 valence electrons. The number of Topliss-reactive ketones (excluding diaryl/α,β-unsaturated/α-hetero) is 1. The number of alkyl halides is 1. The van der Waals surface area contributed by atoms with E-state index in [2.05, 4.69) is 5.16 Å². The van der Waals surface area contributed by atoms with E-state index in [0.29, 0.717) is 63.5 Å². The van der Waals surface area contributed by atoms with E-state index in [1.807, 2.05) is 56.3 Å². The van der Waals surface area contributed by atoms with Crippen LogP contribution in [0.5, 0.6) is 0 Å². The molecule has 4 rings (SSSR count). The van der Waals surface area contributed by atoms with Gasteiger partial charge >= 0.3 is 6.09 Å². The minimum Gasteiger partial charge on any atom is -0.382 e. The smallest absolute Gasteiger partial charge is 0.382 e. The zero-order valence-corrected chi connectivity index (χ0v) is 26.4. The average Bonchev–Trinajstić information content (AvgIpc) is 3.34. The maximum Gasteiger partial charge on any atom is 0.435 e. The summed E-state index contributed by atoms with van der Waals surface area (Å²) in [7, 11) is 0. The predicted octanol–water partition coefficient (Wildman–Crippen LogP) is 7.02. The monoisotopic (exact) mass is 616 g/mol. The number of carbonyl (C=O) groups is 3. The first kappa shape index (κ1) is 33.7. The molecular formula is C36H41FN2O6. The molecule has 0 saturated heterocycles. The van der Waals surface area contributed by atoms with Gasteiger partial charge in [-0.3, -0.25) is 14.4 Å². The van der Waals surface area contributed by atoms with Crippen LogP contribution in [0.2, 0.25) is 0 Å². The fraction of sp³-hybridized carbons (Fsp3) is 0.389. The highest BCUT2D eigenvalue weighted by atomic mass is 19.1. The van der Waals surface area contributed by atoms with Crippen LogP contribution in [0.4, 0.5) is 9.18 Å². The number of carbonyl (C=O) groups excluding carboxylic acids is 3. The first-order chi connectivity index (χ1) is 21.8. The van der Waals surface area contributed by atoms with E-state index in [-0.39, 0.29) is 11.3 Å². The van der Waals surface area contributed by atoms with Crippen molar-refractivity contribution in [2.75, 3.05) is 46.2 Å². The maximum atomic E-state index is 14.1. The average molecular weight is 617 g/mol. The highest BCUT2D eigenvalue weighted by Crippen LogP contribution is 2.53. The molecule has 0 fully saturated rings. The van der Waals surface area contributed by atoms with E-state index in [9.17, 15) is 18.8 Å². The molecule has 0 N–H and O–H groups in total. The van der Waals surface area contributed by atoms with Crippen LogP contribution in [-0.4, -0.2) is 74.5 Å². The van der Waals surface area contributed by atoms with Crippen molar-refractivity contribution in [2.24, 2.45) is 5.16 Å². The third-order valence-corrected chi connectivity index (χ3v) is 8.32. The van der Waals surface area contributed by atoms with Gasteiger partial charge in [0.15, 0.2) is 11.5 Å². The second-order valence-electron chi connectivity index (χ2n) is 10.7. The predicted molar refractivity (Wildman–Crippen MR) is 172 cm³/mol. The Labute approximate surface area is 264 Å². The normalized spacial score (nSPS) is 13.2. The Morgan fingerprint density at radius 1 is 0.756 bits per heavy atom. The molecule has 0 unspecified atom stereocenters. The Bertz CT molecular complexity index is 1520. The number of ether oxygens (including phenoxy) is 2. The molecule has 45 heavy (non-hydrogen) atoms. The molecule has 0 spiro atoms. The SMILES string of the molecule is CCOCCC1(CCOCC)c2ccc(C(=O)/C(CF)=N/OC(=O)N(CC)CC)cc2-c2cc(C(=O)c3ccccc3)ccc21. The largest absolute Gasteiger partial charge is 0.435 e. The van der Waals surface area contributed by atoms with Gasteiger partial charge in [-0.15, -0.1) is 0 Å². The molecule has 0 heterocycles. The van der Waals surface area contributed by atoms with Crippen molar-refractivity contribution in [3.8, 4) is 11.1 Å². The molecule has 0 aliphatic heterocycles. The van der Waals surface area contributed by atoms with Crippen molar-refractivity contribution >= 4 is 23.4 Å². The van der Waals surface area contributed by atoms with E-state index in [0.717, 1.165) is 22.3 Å². The third-order valence-electron chi connectivity index (χ3n) is 8.32. The molecule has 8 nitrogen and oxygen atoms in total. The number of oxime groups is 1. The summed E-state index contributed by atoms with van der Waals surface area (Å²) in [4.78, 5) is 45.5. The third kappa shape index (κ3) is 7.21. The van der Waals surface area contributed by atoms with E-state index < -0.39 is 29.7 Å². The van der Waals surface area contributed by atoms with Crippen molar-refractivity contribution in [3.05, 3.63) is 94.5 Å². The number of fused-ring (bicyclic) bond motifs is 3. The second kappa shape index (κ2) is 15.7. The van der Waals surface area contributed by atoms with Gasteiger partial charge in [0.05, 0.1) is 0 Å². The van der Waals surface area contributed by atoms with Gasteiger partial charge in [0.2, 0.25) is 5.78 Å². The number of hydrogen-bond donors (Lipinski definition) is 0. The summed E-state index contributed by atoms with van der Waals surface area (Å²) in [5, 5.41) is 3.60. The fourth-order valence-electron chi connectivity index (χ4n) is 5.92. The lowest BCUT2D eigenvalue weighted by molar-refractivity contribution is 0.101. The van der Waals surface area contributed by atoms with Gasteiger partial charge in [-0.1, -0.05) is 59.8 Å². The minimum absolute atomic E-state index is 0.116. The quantitative estimate of drug-likeness (QED) is 0.0564. The summed E-state index contributed by atoms with van der Waals surface area (Å²) in [6, 6.07) is 20.0. The number of amides is 1. The molecule has 1 aliphatic rings. The maximum absolute atomic E-state index is 14.1. The highest BCUT2D eigenvalue weighted by molar-refractivity contribution is 6.46. The molecule has 0 atom stereocenters. The van der Waals surface area contributed by atoms with Gasteiger partial charge in [-0.2, -0.15) is 0 Å². The van der Waals surface area contributed by atoms with Crippen LogP contribution in [0, 0.1) is 0 Å². The first-order valence-electron chi connectivity index (χ1n) is 15.5. The lowest BCUT2D eigenvalue weighted by Gasteiger charge is -2.32. The molecule has 0 saturated carbocycles. The Hall–Kier alpha value is -4.21. The van der Waals surface area contributed by atoms with Crippen molar-refractivity contribution in [2.45, 2.75) is 46.0 Å². The number of nitrogens with zero attached hydrogens (tertiary/aromatic N) is 2. The van der Waals surface area contributed by atoms with Gasteiger partial charge < -0.3 is 14.4 Å². The van der Waals surface area contributed by atoms with Crippen LogP contribution in [0.15, 0.2) is 71.9 Å². The summed E-state index contributed by atoms with van der Waals surface area (Å²) in [6.07, 6.45) is 0.558. The van der Waals surface area contributed by atoms with Crippen LogP contribution in [-0.2, 0) is 19.7 Å². The molecule has 1 aliphatic carbocycles. The summed E-state index contributed by atoms with van der Waals surface area (Å²) < 4.78 is 25.7. The molecule has 0 aromatic heterocycles. The van der Waals surface area contributed by atoms with Gasteiger partial charge in [-0.05, 0) is 74.9 Å². The number of hydrogen-bond acceptors (Lipinski definition) is 7. The second-order valence-corrected chi connectivity index (χ2v) is 10.7. The molecule has 0 bridgehead atoms. The number of rotatable bonds is 16. The molecule has 3 aromatic rings. The van der Waals surface area contributed by atoms with Crippen molar-refractivity contribution < 1.29 is 33.1 Å². The fourth-order valence-corrected chi connectivity index (χ4v) is 5.92.